The van der Waals surface area contributed by atoms with Crippen molar-refractivity contribution in [2.45, 2.75) is 52.7 Å². The van der Waals surface area contributed by atoms with Gasteiger partial charge in [0.2, 0.25) is 0 Å². The van der Waals surface area contributed by atoms with E-state index < -0.39 is 11.7 Å². The number of benzene rings is 1. The highest BCUT2D eigenvalue weighted by atomic mass is 19.1. The first-order chi connectivity index (χ1) is 9.21. The second-order valence-corrected chi connectivity index (χ2v) is 5.77. The van der Waals surface area contributed by atoms with Crippen molar-refractivity contribution in [2.24, 2.45) is 0 Å². The Labute approximate surface area is 119 Å². The highest BCUT2D eigenvalue weighted by Gasteiger charge is 2.17. The van der Waals surface area contributed by atoms with Gasteiger partial charge in [0.25, 0.3) is 0 Å². The molecule has 5 heteroatoms. The molecule has 0 saturated heterocycles. The molecule has 2 N–H and O–H groups in total. The van der Waals surface area contributed by atoms with Crippen molar-refractivity contribution in [3.8, 4) is 0 Å². The minimum Gasteiger partial charge on any atom is -0.444 e. The molecule has 1 rings (SSSR count). The van der Waals surface area contributed by atoms with Crippen molar-refractivity contribution in [1.82, 2.24) is 0 Å². The number of halogens is 1. The Kier molecular flexibility index (Phi) is 5.36. The SMILES string of the molecule is CCC(C)Nc1cc(F)ccc1NC(=O)OC(C)(C)C. The number of carbonyl (C=O) groups is 1. The van der Waals surface area contributed by atoms with Crippen LogP contribution in [0.2, 0.25) is 0 Å². The molecule has 0 spiro atoms. The second-order valence-electron chi connectivity index (χ2n) is 5.77. The lowest BCUT2D eigenvalue weighted by Crippen LogP contribution is -2.27. The number of ether oxygens (including phenoxy) is 1. The number of amides is 1. The third-order valence-electron chi connectivity index (χ3n) is 2.63. The monoisotopic (exact) mass is 282 g/mol. The van der Waals surface area contributed by atoms with Crippen molar-refractivity contribution in [2.75, 3.05) is 10.6 Å². The molecule has 1 unspecified atom stereocenters. The van der Waals surface area contributed by atoms with Gasteiger partial charge in [-0.05, 0) is 52.3 Å². The van der Waals surface area contributed by atoms with Crippen LogP contribution in [0.5, 0.6) is 0 Å². The topological polar surface area (TPSA) is 50.4 Å². The van der Waals surface area contributed by atoms with Gasteiger partial charge in [-0.3, -0.25) is 5.32 Å². The van der Waals surface area contributed by atoms with Crippen LogP contribution in [0.4, 0.5) is 20.6 Å². The molecule has 20 heavy (non-hydrogen) atoms. The summed E-state index contributed by atoms with van der Waals surface area (Å²) in [6.45, 7) is 9.38. The predicted octanol–water partition coefficient (Wildman–Crippen LogP) is 4.38. The summed E-state index contributed by atoms with van der Waals surface area (Å²) in [6, 6.07) is 4.35. The van der Waals surface area contributed by atoms with Gasteiger partial charge in [-0.15, -0.1) is 0 Å². The van der Waals surface area contributed by atoms with Crippen LogP contribution in [0.15, 0.2) is 18.2 Å². The van der Waals surface area contributed by atoms with Gasteiger partial charge in [0.05, 0.1) is 11.4 Å². The minimum atomic E-state index is -0.575. The quantitative estimate of drug-likeness (QED) is 0.861. The van der Waals surface area contributed by atoms with Gasteiger partial charge in [-0.2, -0.15) is 0 Å². The summed E-state index contributed by atoms with van der Waals surface area (Å²) in [7, 11) is 0. The fourth-order valence-corrected chi connectivity index (χ4v) is 1.53. The Hall–Kier alpha value is -1.78. The van der Waals surface area contributed by atoms with Gasteiger partial charge in [-0.1, -0.05) is 6.92 Å². The molecule has 4 nitrogen and oxygen atoms in total. The third kappa shape index (κ3) is 5.47. The van der Waals surface area contributed by atoms with Crippen molar-refractivity contribution < 1.29 is 13.9 Å². The van der Waals surface area contributed by atoms with Crippen LogP contribution in [0.1, 0.15) is 41.0 Å². The van der Waals surface area contributed by atoms with E-state index in [4.69, 9.17) is 4.74 Å². The van der Waals surface area contributed by atoms with Crippen LogP contribution in [-0.4, -0.2) is 17.7 Å². The zero-order chi connectivity index (χ0) is 15.3. The van der Waals surface area contributed by atoms with Crippen molar-refractivity contribution in [3.05, 3.63) is 24.0 Å². The van der Waals surface area contributed by atoms with Crippen LogP contribution in [0.25, 0.3) is 0 Å². The highest BCUT2D eigenvalue weighted by molar-refractivity contribution is 5.89. The zero-order valence-electron chi connectivity index (χ0n) is 12.7. The van der Waals surface area contributed by atoms with E-state index in [9.17, 15) is 9.18 Å². The number of carbonyl (C=O) groups excluding carboxylic acids is 1. The maximum atomic E-state index is 13.3. The summed E-state index contributed by atoms with van der Waals surface area (Å²) < 4.78 is 18.5. The highest BCUT2D eigenvalue weighted by Crippen LogP contribution is 2.24. The molecule has 1 aromatic rings. The number of nitrogens with one attached hydrogen (secondary N) is 2. The molecule has 1 aromatic carbocycles. The standard InChI is InChI=1S/C15H23FN2O2/c1-6-10(2)17-13-9-11(16)7-8-12(13)18-14(19)20-15(3,4)5/h7-10,17H,6H2,1-5H3,(H,18,19). The Morgan fingerprint density at radius 3 is 2.55 bits per heavy atom. The number of hydrogen-bond donors (Lipinski definition) is 2. The number of hydrogen-bond acceptors (Lipinski definition) is 3. The van der Waals surface area contributed by atoms with Crippen LogP contribution >= 0.6 is 0 Å². The van der Waals surface area contributed by atoms with E-state index in [0.717, 1.165) is 6.42 Å². The molecule has 0 aliphatic rings. The first kappa shape index (κ1) is 16.3. The minimum absolute atomic E-state index is 0.177. The molecule has 0 aromatic heterocycles. The van der Waals surface area contributed by atoms with E-state index in [1.165, 1.54) is 18.2 Å². The normalized spacial score (nSPS) is 12.7. The molecule has 0 aliphatic carbocycles. The van der Waals surface area contributed by atoms with Gasteiger partial charge >= 0.3 is 6.09 Å². The zero-order valence-corrected chi connectivity index (χ0v) is 12.7. The second kappa shape index (κ2) is 6.59. The van der Waals surface area contributed by atoms with E-state index in [1.807, 2.05) is 13.8 Å². The molecule has 0 heterocycles. The van der Waals surface area contributed by atoms with Gasteiger partial charge in [0.15, 0.2) is 0 Å². The average molecular weight is 282 g/mol. The van der Waals surface area contributed by atoms with E-state index >= 15 is 0 Å². The Balaban J connectivity index is 2.86. The first-order valence-corrected chi connectivity index (χ1v) is 6.77. The lowest BCUT2D eigenvalue weighted by atomic mass is 10.2. The fraction of sp³-hybridized carbons (Fsp3) is 0.533. The summed E-state index contributed by atoms with van der Waals surface area (Å²) in [6.07, 6.45) is 0.332. The largest absolute Gasteiger partial charge is 0.444 e. The van der Waals surface area contributed by atoms with Gasteiger partial charge in [0, 0.05) is 6.04 Å². The molecule has 112 valence electrons. The molecule has 0 saturated carbocycles. The van der Waals surface area contributed by atoms with Gasteiger partial charge in [-0.25, -0.2) is 9.18 Å². The fourth-order valence-electron chi connectivity index (χ4n) is 1.53. The third-order valence-corrected chi connectivity index (χ3v) is 2.63. The van der Waals surface area contributed by atoms with E-state index in [1.54, 1.807) is 20.8 Å². The van der Waals surface area contributed by atoms with Crippen molar-refractivity contribution in [1.29, 1.82) is 0 Å². The summed E-state index contributed by atoms with van der Waals surface area (Å²) in [5.74, 6) is -0.356. The molecular formula is C15H23FN2O2. The molecule has 0 fully saturated rings. The van der Waals surface area contributed by atoms with Gasteiger partial charge in [0.1, 0.15) is 11.4 Å². The predicted molar refractivity (Wildman–Crippen MR) is 79.6 cm³/mol. The number of rotatable bonds is 4. The van der Waals surface area contributed by atoms with E-state index in [0.29, 0.717) is 11.4 Å². The maximum Gasteiger partial charge on any atom is 0.412 e. The molecule has 1 amide bonds. The summed E-state index contributed by atoms with van der Waals surface area (Å²) >= 11 is 0. The van der Waals surface area contributed by atoms with E-state index in [-0.39, 0.29) is 11.9 Å². The lowest BCUT2D eigenvalue weighted by Gasteiger charge is -2.21. The van der Waals surface area contributed by atoms with Crippen LogP contribution in [-0.2, 0) is 4.74 Å². The van der Waals surface area contributed by atoms with Crippen LogP contribution in [0.3, 0.4) is 0 Å². The van der Waals surface area contributed by atoms with Crippen molar-refractivity contribution in [3.63, 3.8) is 0 Å². The first-order valence-electron chi connectivity index (χ1n) is 6.77. The lowest BCUT2D eigenvalue weighted by molar-refractivity contribution is 0.0636. The van der Waals surface area contributed by atoms with E-state index in [2.05, 4.69) is 10.6 Å². The van der Waals surface area contributed by atoms with Crippen LogP contribution < -0.4 is 10.6 Å². The summed E-state index contributed by atoms with van der Waals surface area (Å²) in [5, 5.41) is 5.79. The number of anilines is 2. The van der Waals surface area contributed by atoms with Crippen LogP contribution in [0, 0.1) is 5.82 Å². The summed E-state index contributed by atoms with van der Waals surface area (Å²) in [4.78, 5) is 11.8. The van der Waals surface area contributed by atoms with Gasteiger partial charge < -0.3 is 10.1 Å². The Bertz CT molecular complexity index is 469. The Morgan fingerprint density at radius 1 is 1.35 bits per heavy atom. The molecule has 1 atom stereocenters. The smallest absolute Gasteiger partial charge is 0.412 e. The summed E-state index contributed by atoms with van der Waals surface area (Å²) in [5.41, 5.74) is 0.472. The van der Waals surface area contributed by atoms with Crippen molar-refractivity contribution >= 4 is 17.5 Å². The maximum absolute atomic E-state index is 13.3. The molecule has 0 bridgehead atoms. The molecule has 0 radical (unpaired) electrons. The molecular weight excluding hydrogens is 259 g/mol. The average Bonchev–Trinajstić information content (AvgIpc) is 2.30. The Morgan fingerprint density at radius 2 is 2.00 bits per heavy atom. The molecule has 0 aliphatic heterocycles.